The predicted molar refractivity (Wildman–Crippen MR) is 82.3 cm³/mol. The van der Waals surface area contributed by atoms with E-state index in [1.54, 1.807) is 0 Å². The van der Waals surface area contributed by atoms with Gasteiger partial charge in [0.2, 0.25) is 0 Å². The third-order valence-electron chi connectivity index (χ3n) is 4.20. The second-order valence-corrected chi connectivity index (χ2v) is 6.57. The first-order valence-electron chi connectivity index (χ1n) is 7.26. The monoisotopic (exact) mass is 311 g/mol. The van der Waals surface area contributed by atoms with Crippen molar-refractivity contribution in [1.82, 2.24) is 4.90 Å². The number of likely N-dealkylation sites (N-methyl/N-ethyl adjacent to an activating group) is 1. The Morgan fingerprint density at radius 1 is 1.33 bits per heavy atom. The fourth-order valence-corrected chi connectivity index (χ4v) is 3.15. The van der Waals surface area contributed by atoms with Gasteiger partial charge in [-0.1, -0.05) is 23.7 Å². The topological polar surface area (TPSA) is 60.8 Å². The van der Waals surface area contributed by atoms with E-state index in [9.17, 15) is 9.90 Å². The highest BCUT2D eigenvalue weighted by Gasteiger charge is 2.36. The smallest absolute Gasteiger partial charge is 0.306 e. The van der Waals surface area contributed by atoms with Crippen LogP contribution in [0.4, 0.5) is 0 Å². The first kappa shape index (κ1) is 16.3. The van der Waals surface area contributed by atoms with Gasteiger partial charge >= 0.3 is 5.97 Å². The second-order valence-electron chi connectivity index (χ2n) is 6.14. The van der Waals surface area contributed by atoms with E-state index in [2.05, 4.69) is 4.90 Å². The number of carboxylic acid groups (broad SMARTS) is 1. The first-order valence-corrected chi connectivity index (χ1v) is 7.64. The number of carbonyl (C=O) groups is 1. The molecule has 2 rings (SSSR count). The zero-order valence-corrected chi connectivity index (χ0v) is 13.0. The van der Waals surface area contributed by atoms with E-state index < -0.39 is 11.6 Å². The van der Waals surface area contributed by atoms with Crippen LogP contribution in [0.1, 0.15) is 31.2 Å². The van der Waals surface area contributed by atoms with Gasteiger partial charge in [0.15, 0.2) is 0 Å². The minimum absolute atomic E-state index is 0.299. The van der Waals surface area contributed by atoms with Crippen molar-refractivity contribution >= 4 is 17.6 Å². The highest BCUT2D eigenvalue weighted by Crippen LogP contribution is 2.33. The lowest BCUT2D eigenvalue weighted by Gasteiger charge is -2.37. The molecule has 2 N–H and O–H groups in total. The zero-order chi connectivity index (χ0) is 15.5. The summed E-state index contributed by atoms with van der Waals surface area (Å²) in [5, 5.41) is 20.3. The summed E-state index contributed by atoms with van der Waals surface area (Å²) in [5.74, 6) is -1.04. The summed E-state index contributed by atoms with van der Waals surface area (Å²) in [6.07, 6.45) is 2.21. The second kappa shape index (κ2) is 6.77. The molecule has 0 unspecified atom stereocenters. The van der Waals surface area contributed by atoms with Gasteiger partial charge in [0.05, 0.1) is 11.5 Å². The normalized spacial score (nSPS) is 26.0. The molecule has 1 aliphatic carbocycles. The molecule has 1 aromatic rings. The first-order chi connectivity index (χ1) is 9.88. The minimum atomic E-state index is -0.771. The Morgan fingerprint density at radius 3 is 2.43 bits per heavy atom. The average molecular weight is 312 g/mol. The molecule has 0 saturated heterocycles. The van der Waals surface area contributed by atoms with Crippen LogP contribution in [0.3, 0.4) is 0 Å². The third-order valence-corrected chi connectivity index (χ3v) is 4.45. The molecule has 0 aliphatic heterocycles. The van der Waals surface area contributed by atoms with Crippen LogP contribution in [0.25, 0.3) is 0 Å². The average Bonchev–Trinajstić information content (AvgIpc) is 2.41. The molecule has 0 aromatic heterocycles. The molecule has 1 saturated carbocycles. The molecule has 1 aliphatic rings. The van der Waals surface area contributed by atoms with Crippen LogP contribution in [-0.2, 0) is 11.3 Å². The van der Waals surface area contributed by atoms with E-state index in [0.29, 0.717) is 37.3 Å². The maximum atomic E-state index is 11.0. The molecule has 0 radical (unpaired) electrons. The standard InChI is InChI=1S/C16H22ClNO3/c1-18(10-12-2-4-14(17)5-3-12)11-16(21)8-6-13(7-9-16)15(19)20/h2-5,13,21H,6-11H2,1H3,(H,19,20). The van der Waals surface area contributed by atoms with Crippen LogP contribution >= 0.6 is 11.6 Å². The van der Waals surface area contributed by atoms with Crippen LogP contribution in [0.5, 0.6) is 0 Å². The van der Waals surface area contributed by atoms with Gasteiger partial charge in [-0.2, -0.15) is 0 Å². The van der Waals surface area contributed by atoms with E-state index in [-0.39, 0.29) is 5.92 Å². The van der Waals surface area contributed by atoms with Crippen LogP contribution in [0.2, 0.25) is 5.02 Å². The van der Waals surface area contributed by atoms with Gasteiger partial charge in [0, 0.05) is 18.1 Å². The maximum absolute atomic E-state index is 11.0. The quantitative estimate of drug-likeness (QED) is 0.878. The van der Waals surface area contributed by atoms with Crippen molar-refractivity contribution in [1.29, 1.82) is 0 Å². The van der Waals surface area contributed by atoms with E-state index in [0.717, 1.165) is 12.1 Å². The zero-order valence-electron chi connectivity index (χ0n) is 12.3. The van der Waals surface area contributed by atoms with Crippen molar-refractivity contribution in [2.75, 3.05) is 13.6 Å². The molecule has 0 spiro atoms. The number of carboxylic acids is 1. The van der Waals surface area contributed by atoms with Gasteiger partial charge < -0.3 is 10.2 Å². The molecular formula is C16H22ClNO3. The van der Waals surface area contributed by atoms with Gasteiger partial charge in [-0.25, -0.2) is 0 Å². The van der Waals surface area contributed by atoms with E-state index >= 15 is 0 Å². The fraction of sp³-hybridized carbons (Fsp3) is 0.562. The predicted octanol–water partition coefficient (Wildman–Crippen LogP) is 2.78. The van der Waals surface area contributed by atoms with Crippen molar-refractivity contribution < 1.29 is 15.0 Å². The number of nitrogens with zero attached hydrogens (tertiary/aromatic N) is 1. The number of rotatable bonds is 5. The molecule has 116 valence electrons. The Bertz CT molecular complexity index is 481. The molecule has 0 heterocycles. The van der Waals surface area contributed by atoms with E-state index in [1.807, 2.05) is 31.3 Å². The van der Waals surface area contributed by atoms with E-state index in [1.165, 1.54) is 0 Å². The third kappa shape index (κ3) is 4.70. The number of halogens is 1. The Labute approximate surface area is 130 Å². The Morgan fingerprint density at radius 2 is 1.90 bits per heavy atom. The van der Waals surface area contributed by atoms with Crippen LogP contribution in [0.15, 0.2) is 24.3 Å². The number of aliphatic hydroxyl groups is 1. The lowest BCUT2D eigenvalue weighted by molar-refractivity contribution is -0.145. The van der Waals surface area contributed by atoms with Crippen molar-refractivity contribution in [2.24, 2.45) is 5.92 Å². The molecule has 5 heteroatoms. The van der Waals surface area contributed by atoms with Gasteiger partial charge in [-0.3, -0.25) is 9.69 Å². The number of aliphatic carboxylic acids is 1. The summed E-state index contributed by atoms with van der Waals surface area (Å²) in [6, 6.07) is 7.67. The molecule has 0 amide bonds. The highest BCUT2D eigenvalue weighted by atomic mass is 35.5. The Kier molecular flexibility index (Phi) is 5.25. The molecular weight excluding hydrogens is 290 g/mol. The van der Waals surface area contributed by atoms with Crippen LogP contribution < -0.4 is 0 Å². The highest BCUT2D eigenvalue weighted by molar-refractivity contribution is 6.30. The lowest BCUT2D eigenvalue weighted by Crippen LogP contribution is -2.44. The van der Waals surface area contributed by atoms with Gasteiger partial charge in [-0.05, 0) is 50.4 Å². The number of hydrogen-bond acceptors (Lipinski definition) is 3. The number of hydrogen-bond donors (Lipinski definition) is 2. The van der Waals surface area contributed by atoms with Crippen molar-refractivity contribution in [2.45, 2.75) is 37.8 Å². The molecule has 1 fully saturated rings. The summed E-state index contributed by atoms with van der Waals surface area (Å²) in [7, 11) is 1.97. The summed E-state index contributed by atoms with van der Waals surface area (Å²) < 4.78 is 0. The van der Waals surface area contributed by atoms with Crippen molar-refractivity contribution in [3.8, 4) is 0 Å². The van der Waals surface area contributed by atoms with E-state index in [4.69, 9.17) is 16.7 Å². The SMILES string of the molecule is CN(Cc1ccc(Cl)cc1)CC1(O)CCC(C(=O)O)CC1. The Balaban J connectivity index is 1.86. The number of benzene rings is 1. The maximum Gasteiger partial charge on any atom is 0.306 e. The minimum Gasteiger partial charge on any atom is -0.481 e. The van der Waals surface area contributed by atoms with Crippen LogP contribution in [0, 0.1) is 5.92 Å². The van der Waals surface area contributed by atoms with Crippen molar-refractivity contribution in [3.63, 3.8) is 0 Å². The molecule has 0 bridgehead atoms. The molecule has 21 heavy (non-hydrogen) atoms. The largest absolute Gasteiger partial charge is 0.481 e. The van der Waals surface area contributed by atoms with Gasteiger partial charge in [0.1, 0.15) is 0 Å². The molecule has 4 nitrogen and oxygen atoms in total. The molecule has 0 atom stereocenters. The summed E-state index contributed by atoms with van der Waals surface area (Å²) in [4.78, 5) is 13.0. The summed E-state index contributed by atoms with van der Waals surface area (Å²) in [5.41, 5.74) is 0.373. The summed E-state index contributed by atoms with van der Waals surface area (Å²) in [6.45, 7) is 1.30. The Hall–Kier alpha value is -1.10. The van der Waals surface area contributed by atoms with Crippen LogP contribution in [-0.4, -0.2) is 40.3 Å². The summed E-state index contributed by atoms with van der Waals surface area (Å²) >= 11 is 5.86. The van der Waals surface area contributed by atoms with Crippen molar-refractivity contribution in [3.05, 3.63) is 34.9 Å². The molecule has 1 aromatic carbocycles. The van der Waals surface area contributed by atoms with Gasteiger partial charge in [-0.15, -0.1) is 0 Å². The van der Waals surface area contributed by atoms with Gasteiger partial charge in [0.25, 0.3) is 0 Å². The lowest BCUT2D eigenvalue weighted by atomic mass is 9.78. The fourth-order valence-electron chi connectivity index (χ4n) is 3.02.